The van der Waals surface area contributed by atoms with Crippen LogP contribution in [0, 0.1) is 0 Å². The summed E-state index contributed by atoms with van der Waals surface area (Å²) in [5, 5.41) is 7.15. The Morgan fingerprint density at radius 3 is 2.53 bits per heavy atom. The summed E-state index contributed by atoms with van der Waals surface area (Å²) >= 11 is 3.35. The summed E-state index contributed by atoms with van der Waals surface area (Å²) in [5.41, 5.74) is 3.14. The molecule has 2 aliphatic heterocycles. The van der Waals surface area contributed by atoms with Crippen LogP contribution < -0.4 is 5.32 Å². The topological polar surface area (TPSA) is 50.2 Å². The number of anilines is 1. The predicted molar refractivity (Wildman–Crippen MR) is 117 cm³/mol. The normalized spacial score (nSPS) is 20.3. The van der Waals surface area contributed by atoms with Crippen LogP contribution in [0.1, 0.15) is 45.6 Å². The third-order valence-corrected chi connectivity index (χ3v) is 6.69. The fourth-order valence-electron chi connectivity index (χ4n) is 4.47. The van der Waals surface area contributed by atoms with Gasteiger partial charge in [-0.15, -0.1) is 0 Å². The number of nitrogens with one attached hydrogen (secondary N) is 1. The van der Waals surface area contributed by atoms with Crippen molar-refractivity contribution in [3.8, 4) is 0 Å². The molecular weight excluding hydrogens is 485 g/mol. The molecule has 166 valence electrons. The number of alkyl halides is 3. The first kappa shape index (κ1) is 21.1. The Morgan fingerprint density at radius 2 is 1.81 bits per heavy atom. The zero-order valence-electron chi connectivity index (χ0n) is 16.9. The minimum atomic E-state index is -4.49. The van der Waals surface area contributed by atoms with Gasteiger partial charge in [-0.3, -0.25) is 4.79 Å². The molecule has 0 unspecified atom stereocenters. The number of fused-ring (bicyclic) bond motifs is 2. The van der Waals surface area contributed by atoms with E-state index in [9.17, 15) is 18.0 Å². The minimum absolute atomic E-state index is 0.121. The summed E-state index contributed by atoms with van der Waals surface area (Å²) in [4.78, 5) is 15.0. The lowest BCUT2D eigenvalue weighted by molar-refractivity contribution is -0.173. The number of rotatable bonds is 2. The molecule has 0 fully saturated rings. The highest BCUT2D eigenvalue weighted by atomic mass is 79.9. The van der Waals surface area contributed by atoms with Gasteiger partial charge in [0.1, 0.15) is 11.4 Å². The van der Waals surface area contributed by atoms with Gasteiger partial charge < -0.3 is 10.2 Å². The Kier molecular flexibility index (Phi) is 5.23. The summed E-state index contributed by atoms with van der Waals surface area (Å²) in [7, 11) is 0. The summed E-state index contributed by atoms with van der Waals surface area (Å²) in [6, 6.07) is 12.7. The molecule has 0 bridgehead atoms. The lowest BCUT2D eigenvalue weighted by atomic mass is 9.96. The lowest BCUT2D eigenvalue weighted by Gasteiger charge is -2.34. The zero-order valence-corrected chi connectivity index (χ0v) is 18.5. The smallest absolute Gasteiger partial charge is 0.363 e. The molecule has 0 saturated carbocycles. The van der Waals surface area contributed by atoms with Crippen molar-refractivity contribution in [3.63, 3.8) is 0 Å². The molecule has 5 rings (SSSR count). The van der Waals surface area contributed by atoms with Gasteiger partial charge in [-0.05, 0) is 35.2 Å². The third kappa shape index (κ3) is 3.79. The van der Waals surface area contributed by atoms with Crippen molar-refractivity contribution in [1.82, 2.24) is 14.7 Å². The van der Waals surface area contributed by atoms with Crippen LogP contribution in [0.15, 0.2) is 59.2 Å². The second-order valence-corrected chi connectivity index (χ2v) is 9.05. The second-order valence-electron chi connectivity index (χ2n) is 8.14. The molecule has 32 heavy (non-hydrogen) atoms. The van der Waals surface area contributed by atoms with Crippen molar-refractivity contribution < 1.29 is 18.0 Å². The van der Waals surface area contributed by atoms with Crippen molar-refractivity contribution >= 4 is 27.7 Å². The maximum atomic E-state index is 13.9. The largest absolute Gasteiger partial charge is 0.410 e. The molecule has 9 heteroatoms. The molecule has 0 aliphatic carbocycles. The summed E-state index contributed by atoms with van der Waals surface area (Å²) < 4.78 is 43.5. The first-order valence-corrected chi connectivity index (χ1v) is 11.1. The molecule has 3 heterocycles. The highest BCUT2D eigenvalue weighted by molar-refractivity contribution is 9.10. The van der Waals surface area contributed by atoms with Gasteiger partial charge in [-0.25, -0.2) is 4.68 Å². The maximum absolute atomic E-state index is 13.9. The first-order valence-electron chi connectivity index (χ1n) is 10.3. The number of benzene rings is 2. The molecule has 1 amide bonds. The molecule has 2 aliphatic rings. The van der Waals surface area contributed by atoms with Crippen LogP contribution >= 0.6 is 15.9 Å². The van der Waals surface area contributed by atoms with Gasteiger partial charge in [0.2, 0.25) is 0 Å². The third-order valence-electron chi connectivity index (χ3n) is 6.16. The van der Waals surface area contributed by atoms with Gasteiger partial charge in [0.25, 0.3) is 5.91 Å². The van der Waals surface area contributed by atoms with Gasteiger partial charge in [-0.2, -0.15) is 18.3 Å². The van der Waals surface area contributed by atoms with Crippen LogP contribution in [0.3, 0.4) is 0 Å². The monoisotopic (exact) mass is 504 g/mol. The van der Waals surface area contributed by atoms with Crippen LogP contribution in [0.5, 0.6) is 0 Å². The summed E-state index contributed by atoms with van der Waals surface area (Å²) in [5.74, 6) is -0.194. The van der Waals surface area contributed by atoms with E-state index < -0.39 is 18.3 Å². The van der Waals surface area contributed by atoms with Crippen molar-refractivity contribution in [3.05, 3.63) is 81.5 Å². The van der Waals surface area contributed by atoms with Crippen molar-refractivity contribution in [2.45, 2.75) is 37.6 Å². The van der Waals surface area contributed by atoms with Gasteiger partial charge in [-0.1, -0.05) is 52.3 Å². The average molecular weight is 505 g/mol. The van der Waals surface area contributed by atoms with E-state index in [0.717, 1.165) is 20.3 Å². The van der Waals surface area contributed by atoms with E-state index in [4.69, 9.17) is 0 Å². The number of halogens is 4. The molecule has 1 N–H and O–H groups in total. The Labute approximate surface area is 191 Å². The number of carbonyl (C=O) groups excluding carboxylic acids is 1. The van der Waals surface area contributed by atoms with Crippen LogP contribution in [0.25, 0.3) is 0 Å². The lowest BCUT2D eigenvalue weighted by Crippen LogP contribution is -2.38. The Bertz CT molecular complexity index is 1160. The van der Waals surface area contributed by atoms with E-state index in [-0.39, 0.29) is 23.7 Å². The standard InChI is InChI=1S/C23H20BrF3N4O/c24-17-7-5-15(6-8-17)19-11-20(23(25,26)27)31-21(29-19)18(12-28-31)22(32)30-10-9-14-3-1-2-4-16(14)13-30/h1-8,12,19-20,29H,9-11,13H2/t19-,20+/m0/s1. The van der Waals surface area contributed by atoms with E-state index in [0.29, 0.717) is 19.5 Å². The number of hydrogen-bond acceptors (Lipinski definition) is 3. The molecule has 2 atom stereocenters. The quantitative estimate of drug-likeness (QED) is 0.500. The van der Waals surface area contributed by atoms with Crippen LogP contribution in [0.2, 0.25) is 0 Å². The highest BCUT2D eigenvalue weighted by Gasteiger charge is 2.47. The predicted octanol–water partition coefficient (Wildman–Crippen LogP) is 5.50. The minimum Gasteiger partial charge on any atom is -0.363 e. The SMILES string of the molecule is O=C(c1cnn2c1N[C@H](c1ccc(Br)cc1)C[C@@H]2C(F)(F)F)N1CCc2ccccc2C1. The zero-order chi connectivity index (χ0) is 22.5. The molecule has 5 nitrogen and oxygen atoms in total. The number of nitrogens with zero attached hydrogens (tertiary/aromatic N) is 3. The van der Waals surface area contributed by atoms with Gasteiger partial charge in [0.15, 0.2) is 6.04 Å². The molecule has 0 spiro atoms. The van der Waals surface area contributed by atoms with Crippen LogP contribution in [0.4, 0.5) is 19.0 Å². The fraction of sp³-hybridized carbons (Fsp3) is 0.304. The second kappa shape index (κ2) is 7.95. The van der Waals surface area contributed by atoms with Gasteiger partial charge in [0.05, 0.1) is 12.2 Å². The molecule has 0 saturated heterocycles. The maximum Gasteiger partial charge on any atom is 0.410 e. The summed E-state index contributed by atoms with van der Waals surface area (Å²) in [6.07, 6.45) is -2.72. The molecule has 3 aromatic rings. The Morgan fingerprint density at radius 1 is 1.09 bits per heavy atom. The average Bonchev–Trinajstić information content (AvgIpc) is 3.21. The Hall–Kier alpha value is -2.81. The van der Waals surface area contributed by atoms with Crippen LogP contribution in [-0.4, -0.2) is 33.3 Å². The van der Waals surface area contributed by atoms with Crippen LogP contribution in [-0.2, 0) is 13.0 Å². The van der Waals surface area contributed by atoms with E-state index >= 15 is 0 Å². The van der Waals surface area contributed by atoms with Crippen molar-refractivity contribution in [2.24, 2.45) is 0 Å². The molecule has 2 aromatic carbocycles. The Balaban J connectivity index is 1.48. The number of carbonyl (C=O) groups is 1. The number of hydrogen-bond donors (Lipinski definition) is 1. The van der Waals surface area contributed by atoms with E-state index in [1.165, 1.54) is 11.8 Å². The van der Waals surface area contributed by atoms with Gasteiger partial charge >= 0.3 is 6.18 Å². The number of aromatic nitrogens is 2. The van der Waals surface area contributed by atoms with E-state index in [1.807, 2.05) is 24.3 Å². The fourth-order valence-corrected chi connectivity index (χ4v) is 4.74. The van der Waals surface area contributed by atoms with E-state index in [1.54, 1.807) is 29.2 Å². The number of amides is 1. The molecular formula is C23H20BrF3N4O. The van der Waals surface area contributed by atoms with E-state index in [2.05, 4.69) is 26.3 Å². The molecule has 1 aromatic heterocycles. The van der Waals surface area contributed by atoms with Gasteiger partial charge in [0, 0.05) is 24.0 Å². The highest BCUT2D eigenvalue weighted by Crippen LogP contribution is 2.44. The van der Waals surface area contributed by atoms with Crippen molar-refractivity contribution in [1.29, 1.82) is 0 Å². The first-order chi connectivity index (χ1) is 15.3. The molecule has 0 radical (unpaired) electrons. The summed E-state index contributed by atoms with van der Waals surface area (Å²) in [6.45, 7) is 0.942. The van der Waals surface area contributed by atoms with Crippen molar-refractivity contribution in [2.75, 3.05) is 11.9 Å².